The second kappa shape index (κ2) is 5.71. The molecular weight excluding hydrogens is 206 g/mol. The first-order valence-corrected chi connectivity index (χ1v) is 4.90. The fourth-order valence-corrected chi connectivity index (χ4v) is 1.17. The highest BCUT2D eigenvalue weighted by molar-refractivity contribution is 5.75. The van der Waals surface area contributed by atoms with Crippen LogP contribution in [-0.2, 0) is 11.3 Å². The van der Waals surface area contributed by atoms with Crippen LogP contribution in [0.3, 0.4) is 0 Å². The minimum atomic E-state index is -0.0844. The Morgan fingerprint density at radius 1 is 1.50 bits per heavy atom. The molecule has 16 heavy (non-hydrogen) atoms. The molecule has 1 aromatic heterocycles. The summed E-state index contributed by atoms with van der Waals surface area (Å²) in [6.45, 7) is 0.609. The molecule has 0 radical (unpaired) electrons. The highest BCUT2D eigenvalue weighted by atomic mass is 16.2. The minimum absolute atomic E-state index is 0.0819. The van der Waals surface area contributed by atoms with E-state index in [9.17, 15) is 9.59 Å². The summed E-state index contributed by atoms with van der Waals surface area (Å²) in [6, 6.07) is 4.79. The first-order chi connectivity index (χ1) is 7.63. The number of pyridine rings is 1. The average Bonchev–Trinajstić information content (AvgIpc) is 2.29. The number of nitriles is 1. The van der Waals surface area contributed by atoms with E-state index in [4.69, 9.17) is 5.26 Å². The van der Waals surface area contributed by atoms with Gasteiger partial charge in [-0.2, -0.15) is 5.26 Å². The van der Waals surface area contributed by atoms with Gasteiger partial charge < -0.3 is 9.47 Å². The molecular formula is C11H13N3O2. The molecule has 5 heteroatoms. The van der Waals surface area contributed by atoms with Gasteiger partial charge in [-0.25, -0.2) is 0 Å². The number of likely N-dealkylation sites (N-methyl/N-ethyl adjacent to an activating group) is 1. The first-order valence-electron chi connectivity index (χ1n) is 4.90. The number of amides is 1. The molecule has 1 aromatic rings. The largest absolute Gasteiger partial charge is 0.345 e. The van der Waals surface area contributed by atoms with Gasteiger partial charge in [0.15, 0.2) is 5.43 Å². The van der Waals surface area contributed by atoms with Gasteiger partial charge in [0.2, 0.25) is 5.91 Å². The summed E-state index contributed by atoms with van der Waals surface area (Å²) in [4.78, 5) is 24.0. The quantitative estimate of drug-likeness (QED) is 0.727. The van der Waals surface area contributed by atoms with E-state index in [2.05, 4.69) is 0 Å². The third-order valence-corrected chi connectivity index (χ3v) is 2.16. The molecule has 0 saturated carbocycles. The van der Waals surface area contributed by atoms with Crippen LogP contribution >= 0.6 is 0 Å². The molecule has 1 amide bonds. The maximum Gasteiger partial charge on any atom is 0.242 e. The molecule has 0 aliphatic heterocycles. The van der Waals surface area contributed by atoms with Gasteiger partial charge in [0.25, 0.3) is 0 Å². The standard InChI is InChI=1S/C11H13N3O2/c1-13(6-2-5-12)11(16)9-14-7-3-10(15)4-8-14/h3-4,7-8H,2,6,9H2,1H3. The van der Waals surface area contributed by atoms with E-state index in [1.165, 1.54) is 17.0 Å². The number of nitrogens with zero attached hydrogens (tertiary/aromatic N) is 3. The van der Waals surface area contributed by atoms with E-state index in [-0.39, 0.29) is 17.9 Å². The number of hydrogen-bond donors (Lipinski definition) is 0. The maximum absolute atomic E-state index is 11.6. The summed E-state index contributed by atoms with van der Waals surface area (Å²) in [5.41, 5.74) is -0.0819. The highest BCUT2D eigenvalue weighted by Gasteiger charge is 2.07. The van der Waals surface area contributed by atoms with Gasteiger partial charge in [0.05, 0.1) is 12.5 Å². The first kappa shape index (κ1) is 12.0. The highest BCUT2D eigenvalue weighted by Crippen LogP contribution is 1.92. The van der Waals surface area contributed by atoms with Crippen LogP contribution in [0.5, 0.6) is 0 Å². The molecule has 0 spiro atoms. The summed E-state index contributed by atoms with van der Waals surface area (Å²) in [5.74, 6) is -0.0844. The summed E-state index contributed by atoms with van der Waals surface area (Å²) in [5, 5.41) is 8.39. The van der Waals surface area contributed by atoms with Crippen molar-refractivity contribution >= 4 is 5.91 Å². The van der Waals surface area contributed by atoms with Crippen molar-refractivity contribution in [1.82, 2.24) is 9.47 Å². The van der Waals surface area contributed by atoms with Crippen molar-refractivity contribution in [1.29, 1.82) is 5.26 Å². The SMILES string of the molecule is CN(CCC#N)C(=O)Cn1ccc(=O)cc1. The van der Waals surface area contributed by atoms with Crippen molar-refractivity contribution in [2.45, 2.75) is 13.0 Å². The van der Waals surface area contributed by atoms with Crippen molar-refractivity contribution in [3.8, 4) is 6.07 Å². The molecule has 0 aliphatic rings. The zero-order valence-corrected chi connectivity index (χ0v) is 9.09. The lowest BCUT2D eigenvalue weighted by Crippen LogP contribution is -2.31. The summed E-state index contributed by atoms with van der Waals surface area (Å²) in [7, 11) is 1.65. The van der Waals surface area contributed by atoms with Crippen LogP contribution in [-0.4, -0.2) is 29.0 Å². The zero-order valence-electron chi connectivity index (χ0n) is 9.09. The number of hydrogen-bond acceptors (Lipinski definition) is 3. The fraction of sp³-hybridized carbons (Fsp3) is 0.364. The van der Waals surface area contributed by atoms with Crippen LogP contribution in [0.25, 0.3) is 0 Å². The number of rotatable bonds is 4. The lowest BCUT2D eigenvalue weighted by Gasteiger charge is -2.16. The van der Waals surface area contributed by atoms with E-state index in [1.807, 2.05) is 6.07 Å². The van der Waals surface area contributed by atoms with Gasteiger partial charge >= 0.3 is 0 Å². The Morgan fingerprint density at radius 3 is 2.69 bits per heavy atom. The Bertz CT molecular complexity index is 439. The van der Waals surface area contributed by atoms with E-state index >= 15 is 0 Å². The summed E-state index contributed by atoms with van der Waals surface area (Å²) < 4.78 is 1.63. The molecule has 1 heterocycles. The molecule has 0 atom stereocenters. The number of aromatic nitrogens is 1. The lowest BCUT2D eigenvalue weighted by atomic mass is 10.4. The van der Waals surface area contributed by atoms with Crippen molar-refractivity contribution in [2.75, 3.05) is 13.6 Å². The normalized spacial score (nSPS) is 9.50. The molecule has 5 nitrogen and oxygen atoms in total. The van der Waals surface area contributed by atoms with Gasteiger partial charge in [-0.15, -0.1) is 0 Å². The smallest absolute Gasteiger partial charge is 0.242 e. The van der Waals surface area contributed by atoms with Crippen LogP contribution in [0.2, 0.25) is 0 Å². The second-order valence-electron chi connectivity index (χ2n) is 3.43. The maximum atomic E-state index is 11.6. The van der Waals surface area contributed by atoms with Crippen LogP contribution in [0.15, 0.2) is 29.3 Å². The van der Waals surface area contributed by atoms with Gasteiger partial charge in [-0.3, -0.25) is 9.59 Å². The number of carbonyl (C=O) groups excluding carboxylic acids is 1. The zero-order chi connectivity index (χ0) is 12.0. The molecule has 0 saturated heterocycles. The molecule has 1 rings (SSSR count). The fourth-order valence-electron chi connectivity index (χ4n) is 1.17. The Labute approximate surface area is 93.5 Å². The van der Waals surface area contributed by atoms with E-state index in [0.29, 0.717) is 13.0 Å². The van der Waals surface area contributed by atoms with Crippen molar-refractivity contribution in [2.24, 2.45) is 0 Å². The Hall–Kier alpha value is -2.09. The minimum Gasteiger partial charge on any atom is -0.345 e. The number of carbonyl (C=O) groups is 1. The molecule has 0 aliphatic carbocycles. The third-order valence-electron chi connectivity index (χ3n) is 2.16. The predicted molar refractivity (Wildman–Crippen MR) is 58.6 cm³/mol. The lowest BCUT2D eigenvalue weighted by molar-refractivity contribution is -0.130. The molecule has 0 N–H and O–H groups in total. The van der Waals surface area contributed by atoms with Crippen LogP contribution in [0.1, 0.15) is 6.42 Å². The van der Waals surface area contributed by atoms with Crippen LogP contribution < -0.4 is 5.43 Å². The third kappa shape index (κ3) is 3.58. The van der Waals surface area contributed by atoms with Crippen LogP contribution in [0, 0.1) is 11.3 Å². The topological polar surface area (TPSA) is 66.1 Å². The molecule has 0 unspecified atom stereocenters. The second-order valence-corrected chi connectivity index (χ2v) is 3.43. The van der Waals surface area contributed by atoms with Gasteiger partial charge in [0, 0.05) is 38.1 Å². The summed E-state index contributed by atoms with van der Waals surface area (Å²) >= 11 is 0. The molecule has 0 aromatic carbocycles. The van der Waals surface area contributed by atoms with Gasteiger partial charge in [-0.1, -0.05) is 0 Å². The summed E-state index contributed by atoms with van der Waals surface area (Å²) in [6.07, 6.45) is 3.46. The molecule has 0 bridgehead atoms. The monoisotopic (exact) mass is 219 g/mol. The Morgan fingerprint density at radius 2 is 2.12 bits per heavy atom. The molecule has 84 valence electrons. The average molecular weight is 219 g/mol. The van der Waals surface area contributed by atoms with E-state index in [1.54, 1.807) is 24.0 Å². The van der Waals surface area contributed by atoms with Gasteiger partial charge in [-0.05, 0) is 0 Å². The Kier molecular flexibility index (Phi) is 4.28. The predicted octanol–water partition coefficient (Wildman–Crippen LogP) is 0.220. The van der Waals surface area contributed by atoms with Crippen molar-refractivity contribution in [3.63, 3.8) is 0 Å². The van der Waals surface area contributed by atoms with Crippen molar-refractivity contribution in [3.05, 3.63) is 34.7 Å². The van der Waals surface area contributed by atoms with E-state index in [0.717, 1.165) is 0 Å². The van der Waals surface area contributed by atoms with Crippen molar-refractivity contribution < 1.29 is 4.79 Å². The van der Waals surface area contributed by atoms with Gasteiger partial charge in [0.1, 0.15) is 6.54 Å². The van der Waals surface area contributed by atoms with E-state index < -0.39 is 0 Å². The molecule has 0 fully saturated rings. The van der Waals surface area contributed by atoms with Crippen LogP contribution in [0.4, 0.5) is 0 Å². The Balaban J connectivity index is 2.54.